The monoisotopic (exact) mass is 419 g/mol. The quantitative estimate of drug-likeness (QED) is 0.763. The number of nitrogens with zero attached hydrogens (tertiary/aromatic N) is 1. The van der Waals surface area contributed by atoms with Crippen molar-refractivity contribution < 1.29 is 19.4 Å². The molecule has 2 aromatic carbocycles. The van der Waals surface area contributed by atoms with E-state index in [0.717, 1.165) is 22.0 Å². The van der Waals surface area contributed by atoms with Gasteiger partial charge >= 0.3 is 5.97 Å². The first-order chi connectivity index (χ1) is 12.6. The Labute approximate surface area is 161 Å². The summed E-state index contributed by atoms with van der Waals surface area (Å²) in [5.74, 6) is 0.583. The fourth-order valence-electron chi connectivity index (χ4n) is 3.68. The van der Waals surface area contributed by atoms with E-state index < -0.39 is 12.0 Å². The molecule has 0 saturated carbocycles. The first-order valence-electron chi connectivity index (χ1n) is 8.51. The number of aliphatic carboxylic acids is 1. The molecule has 2 aromatic rings. The number of benzene rings is 2. The fourth-order valence-corrected chi connectivity index (χ4v) is 3.95. The van der Waals surface area contributed by atoms with Gasteiger partial charge in [0.1, 0.15) is 17.5 Å². The number of carbonyl (C=O) groups is 1. The summed E-state index contributed by atoms with van der Waals surface area (Å²) in [4.78, 5) is 13.9. The van der Waals surface area contributed by atoms with Crippen LogP contribution < -0.4 is 9.47 Å². The summed E-state index contributed by atoms with van der Waals surface area (Å²) >= 11 is 3.47. The SMILES string of the molecule is COc1cccc(OC)c1C(c1ccc(Br)cc1)N1CCCC1C(=O)O. The molecule has 0 radical (unpaired) electrons. The molecule has 0 spiro atoms. The van der Waals surface area contributed by atoms with Gasteiger partial charge in [0, 0.05) is 11.0 Å². The van der Waals surface area contributed by atoms with Crippen LogP contribution in [-0.4, -0.2) is 42.8 Å². The molecule has 0 aliphatic carbocycles. The van der Waals surface area contributed by atoms with Crippen LogP contribution in [0.15, 0.2) is 46.9 Å². The first kappa shape index (κ1) is 18.7. The van der Waals surface area contributed by atoms with Crippen molar-refractivity contribution in [3.05, 3.63) is 58.1 Å². The minimum absolute atomic E-state index is 0.266. The summed E-state index contributed by atoms with van der Waals surface area (Å²) < 4.78 is 12.2. The van der Waals surface area contributed by atoms with Crippen molar-refractivity contribution in [3.8, 4) is 11.5 Å². The Morgan fingerprint density at radius 1 is 1.15 bits per heavy atom. The number of carboxylic acid groups (broad SMARTS) is 1. The Balaban J connectivity index is 2.19. The smallest absolute Gasteiger partial charge is 0.320 e. The zero-order valence-corrected chi connectivity index (χ0v) is 16.4. The highest BCUT2D eigenvalue weighted by atomic mass is 79.9. The number of halogens is 1. The predicted molar refractivity (Wildman–Crippen MR) is 103 cm³/mol. The van der Waals surface area contributed by atoms with Crippen molar-refractivity contribution in [2.45, 2.75) is 24.9 Å². The highest BCUT2D eigenvalue weighted by Crippen LogP contribution is 2.43. The van der Waals surface area contributed by atoms with Crippen LogP contribution in [0.25, 0.3) is 0 Å². The van der Waals surface area contributed by atoms with E-state index >= 15 is 0 Å². The van der Waals surface area contributed by atoms with Gasteiger partial charge < -0.3 is 14.6 Å². The summed E-state index contributed by atoms with van der Waals surface area (Å²) in [5.41, 5.74) is 1.86. The molecule has 138 valence electrons. The van der Waals surface area contributed by atoms with Gasteiger partial charge in [-0.25, -0.2) is 0 Å². The fraction of sp³-hybridized carbons (Fsp3) is 0.350. The number of hydrogen-bond acceptors (Lipinski definition) is 4. The van der Waals surface area contributed by atoms with Crippen LogP contribution in [0.2, 0.25) is 0 Å². The second kappa shape index (κ2) is 8.10. The molecular weight excluding hydrogens is 398 g/mol. The third kappa shape index (κ3) is 3.57. The van der Waals surface area contributed by atoms with Gasteiger partial charge in [-0.1, -0.05) is 34.1 Å². The summed E-state index contributed by atoms with van der Waals surface area (Å²) in [7, 11) is 3.24. The van der Waals surface area contributed by atoms with E-state index in [1.54, 1.807) is 14.2 Å². The second-order valence-corrected chi connectivity index (χ2v) is 7.18. The molecule has 1 aliphatic heterocycles. The second-order valence-electron chi connectivity index (χ2n) is 6.26. The maximum atomic E-state index is 11.8. The van der Waals surface area contributed by atoms with Crippen molar-refractivity contribution in [2.24, 2.45) is 0 Å². The van der Waals surface area contributed by atoms with E-state index in [0.29, 0.717) is 24.5 Å². The number of carboxylic acids is 1. The van der Waals surface area contributed by atoms with Gasteiger partial charge in [0.2, 0.25) is 0 Å². The van der Waals surface area contributed by atoms with Crippen molar-refractivity contribution in [3.63, 3.8) is 0 Å². The number of hydrogen-bond donors (Lipinski definition) is 1. The molecule has 26 heavy (non-hydrogen) atoms. The van der Waals surface area contributed by atoms with Crippen molar-refractivity contribution in [1.82, 2.24) is 4.90 Å². The Kier molecular flexibility index (Phi) is 5.84. The van der Waals surface area contributed by atoms with Crippen LogP contribution >= 0.6 is 15.9 Å². The van der Waals surface area contributed by atoms with Gasteiger partial charge in [-0.15, -0.1) is 0 Å². The first-order valence-corrected chi connectivity index (χ1v) is 9.31. The maximum Gasteiger partial charge on any atom is 0.320 e. The van der Waals surface area contributed by atoms with E-state index in [-0.39, 0.29) is 6.04 Å². The minimum Gasteiger partial charge on any atom is -0.496 e. The van der Waals surface area contributed by atoms with Gasteiger partial charge in [0.05, 0.1) is 25.8 Å². The van der Waals surface area contributed by atoms with Crippen LogP contribution in [0.3, 0.4) is 0 Å². The Bertz CT molecular complexity index is 756. The van der Waals surface area contributed by atoms with Crippen LogP contribution in [-0.2, 0) is 4.79 Å². The minimum atomic E-state index is -0.793. The summed E-state index contributed by atoms with van der Waals surface area (Å²) in [5, 5.41) is 9.71. The van der Waals surface area contributed by atoms with E-state index in [1.165, 1.54) is 0 Å². The molecule has 0 aromatic heterocycles. The molecule has 2 atom stereocenters. The van der Waals surface area contributed by atoms with Crippen LogP contribution in [0.4, 0.5) is 0 Å². The lowest BCUT2D eigenvalue weighted by molar-refractivity contribution is -0.142. The normalized spacial score (nSPS) is 18.5. The van der Waals surface area contributed by atoms with Gasteiger partial charge in [0.25, 0.3) is 0 Å². The number of likely N-dealkylation sites (tertiary alicyclic amines) is 1. The zero-order valence-electron chi connectivity index (χ0n) is 14.8. The average Bonchev–Trinajstić information content (AvgIpc) is 3.13. The molecule has 5 nitrogen and oxygen atoms in total. The van der Waals surface area contributed by atoms with Crippen LogP contribution in [0.1, 0.15) is 30.0 Å². The van der Waals surface area contributed by atoms with E-state index in [4.69, 9.17) is 9.47 Å². The third-order valence-corrected chi connectivity index (χ3v) is 5.36. The number of methoxy groups -OCH3 is 2. The number of rotatable bonds is 6. The lowest BCUT2D eigenvalue weighted by Gasteiger charge is -2.33. The van der Waals surface area contributed by atoms with Gasteiger partial charge in [-0.3, -0.25) is 9.69 Å². The molecule has 1 saturated heterocycles. The summed E-state index contributed by atoms with van der Waals surface area (Å²) in [6.45, 7) is 0.707. The van der Waals surface area contributed by atoms with Crippen molar-refractivity contribution in [2.75, 3.05) is 20.8 Å². The molecule has 2 unspecified atom stereocenters. The van der Waals surface area contributed by atoms with Crippen LogP contribution in [0.5, 0.6) is 11.5 Å². The van der Waals surface area contributed by atoms with Crippen LogP contribution in [0, 0.1) is 0 Å². The van der Waals surface area contributed by atoms with E-state index in [1.807, 2.05) is 47.4 Å². The molecule has 1 fully saturated rings. The summed E-state index contributed by atoms with van der Waals surface area (Å²) in [6, 6.07) is 12.8. The molecule has 0 bridgehead atoms. The number of ether oxygens (including phenoxy) is 2. The topological polar surface area (TPSA) is 59.0 Å². The highest BCUT2D eigenvalue weighted by molar-refractivity contribution is 9.10. The molecule has 6 heteroatoms. The Morgan fingerprint density at radius 2 is 1.77 bits per heavy atom. The largest absolute Gasteiger partial charge is 0.496 e. The molecular formula is C20H22BrNO4. The lowest BCUT2D eigenvalue weighted by Crippen LogP contribution is -2.39. The summed E-state index contributed by atoms with van der Waals surface area (Å²) in [6.07, 6.45) is 1.49. The van der Waals surface area contributed by atoms with Crippen molar-refractivity contribution >= 4 is 21.9 Å². The van der Waals surface area contributed by atoms with Crippen molar-refractivity contribution in [1.29, 1.82) is 0 Å². The molecule has 1 N–H and O–H groups in total. The van der Waals surface area contributed by atoms with Gasteiger partial charge in [-0.2, -0.15) is 0 Å². The van der Waals surface area contributed by atoms with Gasteiger partial charge in [0.15, 0.2) is 0 Å². The molecule has 1 aliphatic rings. The van der Waals surface area contributed by atoms with E-state index in [9.17, 15) is 9.90 Å². The predicted octanol–water partition coefficient (Wildman–Crippen LogP) is 4.10. The molecule has 3 rings (SSSR count). The lowest BCUT2D eigenvalue weighted by atomic mass is 9.94. The molecule has 1 heterocycles. The maximum absolute atomic E-state index is 11.8. The Hall–Kier alpha value is -2.05. The Morgan fingerprint density at radius 3 is 2.31 bits per heavy atom. The van der Waals surface area contributed by atoms with Gasteiger partial charge in [-0.05, 0) is 42.7 Å². The standard InChI is InChI=1S/C20H22BrNO4/c1-25-16-6-3-7-17(26-2)18(16)19(13-8-10-14(21)11-9-13)22-12-4-5-15(22)20(23)24/h3,6-11,15,19H,4-5,12H2,1-2H3,(H,23,24). The highest BCUT2D eigenvalue weighted by Gasteiger charge is 2.39. The van der Waals surface area contributed by atoms with E-state index in [2.05, 4.69) is 15.9 Å². The third-order valence-electron chi connectivity index (χ3n) is 4.84. The molecule has 0 amide bonds. The zero-order chi connectivity index (χ0) is 18.7. The average molecular weight is 420 g/mol.